The highest BCUT2D eigenvalue weighted by atomic mass is 127. The third-order valence-corrected chi connectivity index (χ3v) is 3.38. The summed E-state index contributed by atoms with van der Waals surface area (Å²) < 4.78 is 4.97. The lowest BCUT2D eigenvalue weighted by Crippen LogP contribution is -2.44. The van der Waals surface area contributed by atoms with E-state index in [-0.39, 0.29) is 48.8 Å². The molecule has 1 heterocycles. The molecule has 1 atom stereocenters. The van der Waals surface area contributed by atoms with Crippen molar-refractivity contribution in [3.63, 3.8) is 0 Å². The molecule has 124 valence electrons. The number of likely N-dealkylation sites (tertiary alicyclic amines) is 1. The van der Waals surface area contributed by atoms with Gasteiger partial charge in [0, 0.05) is 13.1 Å². The number of carbonyl (C=O) groups excluding carboxylic acids is 1. The van der Waals surface area contributed by atoms with E-state index in [1.165, 1.54) is 0 Å². The largest absolute Gasteiger partial charge is 0.450 e. The van der Waals surface area contributed by atoms with E-state index in [9.17, 15) is 4.79 Å². The lowest BCUT2D eigenvalue weighted by atomic mass is 10.1. The molecule has 0 radical (unpaired) electrons. The van der Waals surface area contributed by atoms with E-state index in [0.717, 1.165) is 19.3 Å². The van der Waals surface area contributed by atoms with E-state index in [0.29, 0.717) is 25.7 Å². The molecule has 1 aliphatic heterocycles. The van der Waals surface area contributed by atoms with Crippen molar-refractivity contribution < 1.29 is 14.6 Å². The first-order chi connectivity index (χ1) is 9.60. The van der Waals surface area contributed by atoms with Crippen LogP contribution in [0.3, 0.4) is 0 Å². The van der Waals surface area contributed by atoms with Gasteiger partial charge in [-0.05, 0) is 26.2 Å². The van der Waals surface area contributed by atoms with Crippen molar-refractivity contribution in [3.05, 3.63) is 0 Å². The van der Waals surface area contributed by atoms with Crippen molar-refractivity contribution in [1.29, 1.82) is 0 Å². The highest BCUT2D eigenvalue weighted by molar-refractivity contribution is 14.0. The van der Waals surface area contributed by atoms with Crippen LogP contribution in [0.25, 0.3) is 0 Å². The number of ether oxygens (including phenoxy) is 1. The van der Waals surface area contributed by atoms with E-state index in [1.54, 1.807) is 11.8 Å². The van der Waals surface area contributed by atoms with E-state index in [1.807, 2.05) is 6.92 Å². The molecule has 1 aliphatic rings. The van der Waals surface area contributed by atoms with E-state index in [4.69, 9.17) is 15.6 Å². The fourth-order valence-electron chi connectivity index (χ4n) is 2.11. The minimum Gasteiger partial charge on any atom is -0.450 e. The number of aliphatic hydroxyl groups excluding tert-OH is 1. The summed E-state index contributed by atoms with van der Waals surface area (Å²) in [5.41, 5.74) is 5.82. The number of hydrogen-bond donors (Lipinski definition) is 3. The summed E-state index contributed by atoms with van der Waals surface area (Å²) in [6, 6.07) is 0.0581. The number of aliphatic hydroxyl groups is 1. The van der Waals surface area contributed by atoms with E-state index in [2.05, 4.69) is 10.3 Å². The minimum absolute atomic E-state index is 0. The van der Waals surface area contributed by atoms with Gasteiger partial charge in [-0.25, -0.2) is 9.79 Å². The Kier molecular flexibility index (Phi) is 10.5. The van der Waals surface area contributed by atoms with Crippen LogP contribution in [0.4, 0.5) is 4.79 Å². The van der Waals surface area contributed by atoms with Crippen LogP contribution in [-0.4, -0.2) is 60.4 Å². The SMILES string of the molecule is CCOC(=O)N1CCC(N=C(N)N[C@H](CC)CO)CC1.I. The summed E-state index contributed by atoms with van der Waals surface area (Å²) >= 11 is 0. The number of nitrogens with two attached hydrogens (primary N) is 1. The van der Waals surface area contributed by atoms with Crippen molar-refractivity contribution in [2.75, 3.05) is 26.3 Å². The van der Waals surface area contributed by atoms with Crippen LogP contribution in [0.2, 0.25) is 0 Å². The molecule has 0 unspecified atom stereocenters. The minimum atomic E-state index is -0.257. The molecule has 0 spiro atoms. The fraction of sp³-hybridized carbons (Fsp3) is 0.846. The molecule has 1 saturated heterocycles. The molecule has 0 aliphatic carbocycles. The van der Waals surface area contributed by atoms with Crippen molar-refractivity contribution in [2.45, 2.75) is 45.2 Å². The maximum atomic E-state index is 11.6. The first kappa shape index (κ1) is 20.2. The van der Waals surface area contributed by atoms with E-state index < -0.39 is 0 Å². The Morgan fingerprint density at radius 2 is 2.10 bits per heavy atom. The Bertz CT molecular complexity index is 329. The predicted octanol–water partition coefficient (Wildman–Crippen LogP) is 0.900. The molecule has 0 bridgehead atoms. The Hall–Kier alpha value is -0.770. The third-order valence-electron chi connectivity index (χ3n) is 3.38. The van der Waals surface area contributed by atoms with Crippen LogP contribution < -0.4 is 11.1 Å². The van der Waals surface area contributed by atoms with Gasteiger partial charge in [-0.3, -0.25) is 0 Å². The molecule has 1 amide bonds. The number of carbonyl (C=O) groups is 1. The summed E-state index contributed by atoms with van der Waals surface area (Å²) in [4.78, 5) is 17.7. The van der Waals surface area contributed by atoms with Crippen molar-refractivity contribution >= 4 is 36.0 Å². The molecule has 0 aromatic heterocycles. The van der Waals surface area contributed by atoms with Gasteiger partial charge in [0.15, 0.2) is 5.96 Å². The second-order valence-electron chi connectivity index (χ2n) is 4.86. The first-order valence-electron chi connectivity index (χ1n) is 7.23. The Morgan fingerprint density at radius 1 is 1.48 bits per heavy atom. The van der Waals surface area contributed by atoms with Gasteiger partial charge in [0.1, 0.15) is 0 Å². The van der Waals surface area contributed by atoms with Crippen LogP contribution in [-0.2, 0) is 4.74 Å². The zero-order valence-corrected chi connectivity index (χ0v) is 15.1. The average molecular weight is 414 g/mol. The van der Waals surface area contributed by atoms with Gasteiger partial charge in [-0.15, -0.1) is 24.0 Å². The van der Waals surface area contributed by atoms with Crippen LogP contribution in [0.1, 0.15) is 33.1 Å². The van der Waals surface area contributed by atoms with Crippen molar-refractivity contribution in [1.82, 2.24) is 10.2 Å². The quantitative estimate of drug-likeness (QED) is 0.353. The lowest BCUT2D eigenvalue weighted by Gasteiger charge is -2.29. The number of guanidine groups is 1. The van der Waals surface area contributed by atoms with E-state index >= 15 is 0 Å². The van der Waals surface area contributed by atoms with Crippen LogP contribution in [0, 0.1) is 0 Å². The van der Waals surface area contributed by atoms with Gasteiger partial charge in [0.05, 0.1) is 25.3 Å². The third kappa shape index (κ3) is 7.16. The number of hydrogen-bond acceptors (Lipinski definition) is 4. The predicted molar refractivity (Wildman–Crippen MR) is 93.0 cm³/mol. The smallest absolute Gasteiger partial charge is 0.409 e. The molecule has 4 N–H and O–H groups in total. The van der Waals surface area contributed by atoms with Crippen LogP contribution in [0.5, 0.6) is 0 Å². The summed E-state index contributed by atoms with van der Waals surface area (Å²) in [5, 5.41) is 12.1. The van der Waals surface area contributed by atoms with Gasteiger partial charge in [-0.2, -0.15) is 0 Å². The monoisotopic (exact) mass is 414 g/mol. The zero-order chi connectivity index (χ0) is 15.0. The molecule has 1 rings (SSSR count). The molecule has 0 aromatic carbocycles. The number of rotatable bonds is 5. The molecular formula is C13H27IN4O3. The summed E-state index contributed by atoms with van der Waals surface area (Å²) in [5.74, 6) is 0.362. The molecule has 7 nitrogen and oxygen atoms in total. The van der Waals surface area contributed by atoms with Gasteiger partial charge in [0.2, 0.25) is 0 Å². The molecule has 0 saturated carbocycles. The Balaban J connectivity index is 0.00000400. The van der Waals surface area contributed by atoms with Crippen molar-refractivity contribution in [3.8, 4) is 0 Å². The Morgan fingerprint density at radius 3 is 2.57 bits per heavy atom. The first-order valence-corrected chi connectivity index (χ1v) is 7.23. The summed E-state index contributed by atoms with van der Waals surface area (Å²) in [6.07, 6.45) is 2.08. The standard InChI is InChI=1S/C13H26N4O3.HI/c1-3-10(9-18)15-12(14)16-11-5-7-17(8-6-11)13(19)20-4-2;/h10-11,18H,3-9H2,1-2H3,(H3,14,15,16);1H/t10-;/m1./s1. The average Bonchev–Trinajstić information content (AvgIpc) is 2.45. The fourth-order valence-corrected chi connectivity index (χ4v) is 2.11. The van der Waals surface area contributed by atoms with Gasteiger partial charge >= 0.3 is 6.09 Å². The Labute approximate surface area is 143 Å². The van der Waals surface area contributed by atoms with Gasteiger partial charge in [-0.1, -0.05) is 6.92 Å². The number of piperidine rings is 1. The second-order valence-corrected chi connectivity index (χ2v) is 4.86. The number of nitrogens with one attached hydrogen (secondary N) is 1. The van der Waals surface area contributed by atoms with Crippen LogP contribution >= 0.6 is 24.0 Å². The zero-order valence-electron chi connectivity index (χ0n) is 12.7. The maximum Gasteiger partial charge on any atom is 0.409 e. The number of aliphatic imine (C=N–C) groups is 1. The highest BCUT2D eigenvalue weighted by Crippen LogP contribution is 2.14. The molecule has 8 heteroatoms. The van der Waals surface area contributed by atoms with Crippen LogP contribution in [0.15, 0.2) is 4.99 Å². The summed E-state index contributed by atoms with van der Waals surface area (Å²) in [6.45, 7) is 5.47. The molecule has 1 fully saturated rings. The lowest BCUT2D eigenvalue weighted by molar-refractivity contribution is 0.0975. The number of amides is 1. The van der Waals surface area contributed by atoms with Crippen molar-refractivity contribution in [2.24, 2.45) is 10.7 Å². The van der Waals surface area contributed by atoms with Gasteiger partial charge < -0.3 is 25.8 Å². The van der Waals surface area contributed by atoms with Gasteiger partial charge in [0.25, 0.3) is 0 Å². The topological polar surface area (TPSA) is 100 Å². The number of nitrogens with zero attached hydrogens (tertiary/aromatic N) is 2. The summed E-state index contributed by atoms with van der Waals surface area (Å²) in [7, 11) is 0. The molecular weight excluding hydrogens is 387 g/mol. The molecule has 21 heavy (non-hydrogen) atoms. The second kappa shape index (κ2) is 10.9. The number of halogens is 1. The normalized spacial score (nSPS) is 17.9. The molecule has 0 aromatic rings. The maximum absolute atomic E-state index is 11.6. The highest BCUT2D eigenvalue weighted by Gasteiger charge is 2.23.